The smallest absolute Gasteiger partial charge is 0.306 e. The van der Waals surface area contributed by atoms with Crippen molar-refractivity contribution >= 4 is 27.5 Å². The maximum absolute atomic E-state index is 12.2. The number of nitrogens with zero attached hydrogens (tertiary/aromatic N) is 1. The molecule has 1 fully saturated rings. The Kier molecular flexibility index (Phi) is 5.37. The van der Waals surface area contributed by atoms with Gasteiger partial charge in [-0.1, -0.05) is 6.92 Å². The molecule has 1 aromatic rings. The molecule has 0 aromatic carbocycles. The first kappa shape index (κ1) is 16.4. The highest BCUT2D eigenvalue weighted by molar-refractivity contribution is 7.87. The zero-order valence-electron chi connectivity index (χ0n) is 11.9. The van der Waals surface area contributed by atoms with Crippen LogP contribution < -0.4 is 4.72 Å². The van der Waals surface area contributed by atoms with E-state index in [0.717, 1.165) is 11.3 Å². The van der Waals surface area contributed by atoms with E-state index >= 15 is 0 Å². The number of hydrogen-bond donors (Lipinski definition) is 2. The summed E-state index contributed by atoms with van der Waals surface area (Å²) in [5, 5.41) is 8.92. The summed E-state index contributed by atoms with van der Waals surface area (Å²) in [5.74, 6) is -1.27. The van der Waals surface area contributed by atoms with Gasteiger partial charge in [0.15, 0.2) is 0 Å². The van der Waals surface area contributed by atoms with Crippen LogP contribution in [0.3, 0.4) is 0 Å². The zero-order valence-corrected chi connectivity index (χ0v) is 13.5. The van der Waals surface area contributed by atoms with Gasteiger partial charge in [-0.15, -0.1) is 11.3 Å². The zero-order chi connectivity index (χ0) is 15.5. The molecular formula is C13H20N2O4S2. The van der Waals surface area contributed by atoms with Crippen molar-refractivity contribution in [2.75, 3.05) is 13.1 Å². The topological polar surface area (TPSA) is 86.7 Å². The van der Waals surface area contributed by atoms with Gasteiger partial charge in [0.2, 0.25) is 0 Å². The van der Waals surface area contributed by atoms with E-state index < -0.39 is 22.1 Å². The minimum absolute atomic E-state index is 0.261. The highest BCUT2D eigenvalue weighted by Crippen LogP contribution is 2.20. The SMILES string of the molecule is CCc1ccc(CNS(=O)(=O)N2CCC(C(=O)O)CC2)s1. The van der Waals surface area contributed by atoms with Crippen LogP contribution in [-0.2, 0) is 28.0 Å². The number of aryl methyl sites for hydroxylation is 1. The summed E-state index contributed by atoms with van der Waals surface area (Å²) in [6, 6.07) is 3.94. The highest BCUT2D eigenvalue weighted by Gasteiger charge is 2.30. The second kappa shape index (κ2) is 6.87. The number of carboxylic acid groups (broad SMARTS) is 1. The Morgan fingerprint density at radius 1 is 1.38 bits per heavy atom. The van der Waals surface area contributed by atoms with E-state index in [9.17, 15) is 13.2 Å². The molecule has 6 nitrogen and oxygen atoms in total. The van der Waals surface area contributed by atoms with E-state index in [1.807, 2.05) is 12.1 Å². The minimum Gasteiger partial charge on any atom is -0.481 e. The first-order valence-corrected chi connectivity index (χ1v) is 9.23. The Morgan fingerprint density at radius 3 is 2.52 bits per heavy atom. The van der Waals surface area contributed by atoms with Gasteiger partial charge in [0, 0.05) is 29.4 Å². The fourth-order valence-corrected chi connectivity index (χ4v) is 4.51. The first-order chi connectivity index (χ1) is 9.92. The number of nitrogens with one attached hydrogen (secondary N) is 1. The number of rotatable bonds is 6. The van der Waals surface area contributed by atoms with E-state index in [2.05, 4.69) is 11.6 Å². The standard InChI is InChI=1S/C13H20N2O4S2/c1-2-11-3-4-12(20-11)9-14-21(18,19)15-7-5-10(6-8-15)13(16)17/h3-4,10,14H,2,5-9H2,1H3,(H,16,17). The van der Waals surface area contributed by atoms with Crippen molar-refractivity contribution in [1.82, 2.24) is 9.03 Å². The number of aliphatic carboxylic acids is 1. The van der Waals surface area contributed by atoms with Gasteiger partial charge in [0.25, 0.3) is 10.2 Å². The summed E-state index contributed by atoms with van der Waals surface area (Å²) in [7, 11) is -3.53. The molecule has 1 aliphatic heterocycles. The molecule has 0 radical (unpaired) electrons. The molecule has 0 amide bonds. The molecule has 2 rings (SSSR count). The van der Waals surface area contributed by atoms with Gasteiger partial charge in [-0.25, -0.2) is 0 Å². The molecule has 0 atom stereocenters. The average molecular weight is 332 g/mol. The highest BCUT2D eigenvalue weighted by atomic mass is 32.2. The number of thiophene rings is 1. The maximum atomic E-state index is 12.2. The molecule has 0 spiro atoms. The van der Waals surface area contributed by atoms with E-state index in [0.29, 0.717) is 12.8 Å². The van der Waals surface area contributed by atoms with Crippen molar-refractivity contribution in [2.45, 2.75) is 32.7 Å². The summed E-state index contributed by atoms with van der Waals surface area (Å²) < 4.78 is 28.3. The van der Waals surface area contributed by atoms with Crippen molar-refractivity contribution in [3.8, 4) is 0 Å². The fraction of sp³-hybridized carbons (Fsp3) is 0.615. The Labute approximate surface area is 129 Å². The van der Waals surface area contributed by atoms with Crippen LogP contribution >= 0.6 is 11.3 Å². The number of piperidine rings is 1. The molecule has 0 bridgehead atoms. The van der Waals surface area contributed by atoms with Crippen molar-refractivity contribution < 1.29 is 18.3 Å². The van der Waals surface area contributed by atoms with Crippen LogP contribution in [0, 0.1) is 5.92 Å². The minimum atomic E-state index is -3.53. The van der Waals surface area contributed by atoms with Gasteiger partial charge >= 0.3 is 5.97 Å². The van der Waals surface area contributed by atoms with Crippen LogP contribution in [0.4, 0.5) is 0 Å². The largest absolute Gasteiger partial charge is 0.481 e. The van der Waals surface area contributed by atoms with Crippen LogP contribution in [0.5, 0.6) is 0 Å². The van der Waals surface area contributed by atoms with Gasteiger partial charge < -0.3 is 5.11 Å². The van der Waals surface area contributed by atoms with E-state index in [1.54, 1.807) is 11.3 Å². The van der Waals surface area contributed by atoms with E-state index in [4.69, 9.17) is 5.11 Å². The molecule has 2 N–H and O–H groups in total. The third-order valence-electron chi connectivity index (χ3n) is 3.64. The molecular weight excluding hydrogens is 312 g/mol. The predicted molar refractivity (Wildman–Crippen MR) is 81.4 cm³/mol. The van der Waals surface area contributed by atoms with Crippen molar-refractivity contribution in [3.63, 3.8) is 0 Å². The van der Waals surface area contributed by atoms with Gasteiger partial charge in [-0.2, -0.15) is 17.4 Å². The lowest BCUT2D eigenvalue weighted by molar-refractivity contribution is -0.142. The summed E-state index contributed by atoms with van der Waals surface area (Å²) in [6.45, 7) is 2.87. The fourth-order valence-electron chi connectivity index (χ4n) is 2.30. The van der Waals surface area contributed by atoms with E-state index in [1.165, 1.54) is 9.18 Å². The van der Waals surface area contributed by atoms with Crippen LogP contribution in [0.2, 0.25) is 0 Å². The molecule has 8 heteroatoms. The summed E-state index contributed by atoms with van der Waals surface area (Å²) in [6.07, 6.45) is 1.69. The van der Waals surface area contributed by atoms with Crippen molar-refractivity contribution in [1.29, 1.82) is 0 Å². The molecule has 1 aliphatic rings. The number of carbonyl (C=O) groups is 1. The maximum Gasteiger partial charge on any atom is 0.306 e. The third-order valence-corrected chi connectivity index (χ3v) is 6.42. The van der Waals surface area contributed by atoms with Gasteiger partial charge in [-0.3, -0.25) is 4.79 Å². The molecule has 0 aliphatic carbocycles. The normalized spacial score (nSPS) is 18.0. The predicted octanol–water partition coefficient (Wildman–Crippen LogP) is 1.44. The first-order valence-electron chi connectivity index (χ1n) is 6.97. The average Bonchev–Trinajstić information content (AvgIpc) is 2.93. The lowest BCUT2D eigenvalue weighted by Crippen LogP contribution is -2.45. The van der Waals surface area contributed by atoms with E-state index in [-0.39, 0.29) is 19.6 Å². The molecule has 0 saturated carbocycles. The molecule has 118 valence electrons. The number of hydrogen-bond acceptors (Lipinski definition) is 4. The molecule has 1 aromatic heterocycles. The Balaban J connectivity index is 1.89. The van der Waals surface area contributed by atoms with Crippen molar-refractivity contribution in [2.24, 2.45) is 5.92 Å². The van der Waals surface area contributed by atoms with Gasteiger partial charge in [0.1, 0.15) is 0 Å². The second-order valence-corrected chi connectivity index (χ2v) is 8.07. The molecule has 1 saturated heterocycles. The lowest BCUT2D eigenvalue weighted by Gasteiger charge is -2.29. The molecule has 0 unspecified atom stereocenters. The molecule has 2 heterocycles. The molecule has 21 heavy (non-hydrogen) atoms. The summed E-state index contributed by atoms with van der Waals surface area (Å²) in [4.78, 5) is 13.1. The van der Waals surface area contributed by atoms with Gasteiger partial charge in [0.05, 0.1) is 5.92 Å². The summed E-state index contributed by atoms with van der Waals surface area (Å²) in [5.41, 5.74) is 0. The monoisotopic (exact) mass is 332 g/mol. The van der Waals surface area contributed by atoms with Gasteiger partial charge in [-0.05, 0) is 31.4 Å². The lowest BCUT2D eigenvalue weighted by atomic mass is 9.99. The second-order valence-electron chi connectivity index (χ2n) is 5.06. The van der Waals surface area contributed by atoms with Crippen LogP contribution in [0.1, 0.15) is 29.5 Å². The summed E-state index contributed by atoms with van der Waals surface area (Å²) >= 11 is 1.60. The van der Waals surface area contributed by atoms with Crippen LogP contribution in [0.25, 0.3) is 0 Å². The number of carboxylic acids is 1. The Hall–Kier alpha value is -0.960. The van der Waals surface area contributed by atoms with Crippen LogP contribution in [0.15, 0.2) is 12.1 Å². The van der Waals surface area contributed by atoms with Crippen LogP contribution in [-0.4, -0.2) is 36.9 Å². The van der Waals surface area contributed by atoms with Crippen molar-refractivity contribution in [3.05, 3.63) is 21.9 Å². The Morgan fingerprint density at radius 2 is 2.00 bits per heavy atom. The third kappa shape index (κ3) is 4.26. The quantitative estimate of drug-likeness (QED) is 0.825. The Bertz CT molecular complexity index is 589.